The fraction of sp³-hybridized carbons (Fsp3) is 0.438. The number of aromatic nitrogens is 3. The maximum absolute atomic E-state index is 13.3. The van der Waals surface area contributed by atoms with Gasteiger partial charge in [0.25, 0.3) is 0 Å². The van der Waals surface area contributed by atoms with Crippen LogP contribution in [0.25, 0.3) is 5.69 Å². The number of rotatable bonds is 7. The summed E-state index contributed by atoms with van der Waals surface area (Å²) >= 11 is 1.09. The fourth-order valence-electron chi connectivity index (χ4n) is 2.19. The first kappa shape index (κ1) is 20.2. The van der Waals surface area contributed by atoms with Crippen LogP contribution in [0.15, 0.2) is 24.7 Å². The molecule has 0 aliphatic rings. The molecule has 26 heavy (non-hydrogen) atoms. The highest BCUT2D eigenvalue weighted by atomic mass is 32.2. The highest BCUT2D eigenvalue weighted by Gasteiger charge is 2.26. The summed E-state index contributed by atoms with van der Waals surface area (Å²) in [5, 5.41) is 4.25. The predicted octanol–water partition coefficient (Wildman–Crippen LogP) is 3.75. The lowest BCUT2D eigenvalue weighted by atomic mass is 10.3. The van der Waals surface area contributed by atoms with E-state index >= 15 is 0 Å². The molecule has 5 nitrogen and oxygen atoms in total. The van der Waals surface area contributed by atoms with Crippen LogP contribution in [-0.4, -0.2) is 45.4 Å². The molecule has 2 aromatic heterocycles. The molecular formula is C16H18F4N4OS. The molecular weight excluding hydrogens is 372 g/mol. The van der Waals surface area contributed by atoms with Crippen molar-refractivity contribution in [1.82, 2.24) is 14.8 Å². The molecule has 0 saturated carbocycles. The Hall–Kier alpha value is -2.10. The number of nitrogens with zero attached hydrogens (tertiary/aromatic N) is 4. The molecule has 1 amide bonds. The van der Waals surface area contributed by atoms with Gasteiger partial charge in [-0.1, -0.05) is 0 Å². The second-order valence-corrected chi connectivity index (χ2v) is 6.81. The number of anilines is 1. The molecule has 0 radical (unpaired) electrons. The number of pyridine rings is 1. The third kappa shape index (κ3) is 5.72. The zero-order valence-corrected chi connectivity index (χ0v) is 15.1. The van der Waals surface area contributed by atoms with E-state index in [2.05, 4.69) is 10.1 Å². The minimum atomic E-state index is -4.18. The van der Waals surface area contributed by atoms with Crippen molar-refractivity contribution in [2.24, 2.45) is 0 Å². The number of carbonyl (C=O) groups is 1. The van der Waals surface area contributed by atoms with Crippen LogP contribution in [0.3, 0.4) is 0 Å². The van der Waals surface area contributed by atoms with Crippen LogP contribution in [-0.2, 0) is 4.79 Å². The highest BCUT2D eigenvalue weighted by molar-refractivity contribution is 7.99. The summed E-state index contributed by atoms with van der Waals surface area (Å²) in [5.41, 5.74) is 1.53. The quantitative estimate of drug-likeness (QED) is 0.534. The Morgan fingerprint density at radius 2 is 2.04 bits per heavy atom. The van der Waals surface area contributed by atoms with Gasteiger partial charge in [-0.3, -0.25) is 9.78 Å². The Labute approximate surface area is 152 Å². The maximum atomic E-state index is 13.3. The van der Waals surface area contributed by atoms with Crippen molar-refractivity contribution in [1.29, 1.82) is 0 Å². The largest absolute Gasteiger partial charge is 0.389 e. The van der Waals surface area contributed by atoms with Crippen molar-refractivity contribution in [2.45, 2.75) is 25.9 Å². The standard InChI is InChI=1S/C16H18F4N4OS/c1-11-14(10-24(22-11)13-7-12(17)8-21-9-13)23(2)15(25)3-5-26-6-4-16(18,19)20/h7-10H,3-6H2,1-2H3. The van der Waals surface area contributed by atoms with Gasteiger partial charge in [0.1, 0.15) is 5.82 Å². The Balaban J connectivity index is 1.94. The number of hydrogen-bond acceptors (Lipinski definition) is 4. The van der Waals surface area contributed by atoms with Gasteiger partial charge in [0.15, 0.2) is 0 Å². The molecule has 2 rings (SSSR count). The molecule has 0 spiro atoms. The van der Waals surface area contributed by atoms with Crippen molar-refractivity contribution in [2.75, 3.05) is 23.5 Å². The molecule has 0 aliphatic heterocycles. The minimum Gasteiger partial charge on any atom is -0.312 e. The van der Waals surface area contributed by atoms with E-state index in [9.17, 15) is 22.4 Å². The number of hydrogen-bond donors (Lipinski definition) is 0. The normalized spacial score (nSPS) is 11.6. The van der Waals surface area contributed by atoms with Gasteiger partial charge in [0.05, 0.1) is 42.1 Å². The van der Waals surface area contributed by atoms with Gasteiger partial charge in [0, 0.05) is 31.0 Å². The number of amides is 1. The van der Waals surface area contributed by atoms with E-state index in [1.807, 2.05) is 0 Å². The molecule has 2 aromatic rings. The first-order valence-corrected chi connectivity index (χ1v) is 8.91. The predicted molar refractivity (Wildman–Crippen MR) is 92.1 cm³/mol. The van der Waals surface area contributed by atoms with Gasteiger partial charge in [-0.25, -0.2) is 9.07 Å². The lowest BCUT2D eigenvalue weighted by Gasteiger charge is -2.16. The van der Waals surface area contributed by atoms with E-state index in [1.54, 1.807) is 20.2 Å². The van der Waals surface area contributed by atoms with Crippen molar-refractivity contribution >= 4 is 23.4 Å². The van der Waals surface area contributed by atoms with Gasteiger partial charge in [-0.05, 0) is 6.92 Å². The van der Waals surface area contributed by atoms with Gasteiger partial charge < -0.3 is 4.90 Å². The van der Waals surface area contributed by atoms with Gasteiger partial charge in [-0.2, -0.15) is 30.0 Å². The molecule has 0 bridgehead atoms. The molecule has 0 fully saturated rings. The summed E-state index contributed by atoms with van der Waals surface area (Å²) in [6.07, 6.45) is -0.822. The molecule has 142 valence electrons. The number of carbonyl (C=O) groups excluding carboxylic acids is 1. The van der Waals surface area contributed by atoms with E-state index in [0.29, 0.717) is 22.8 Å². The summed E-state index contributed by atoms with van der Waals surface area (Å²) in [4.78, 5) is 17.4. The monoisotopic (exact) mass is 390 g/mol. The van der Waals surface area contributed by atoms with Gasteiger partial charge in [0.2, 0.25) is 5.91 Å². The SMILES string of the molecule is Cc1nn(-c2cncc(F)c2)cc1N(C)C(=O)CCSCCC(F)(F)F. The lowest BCUT2D eigenvalue weighted by molar-refractivity contribution is -0.129. The van der Waals surface area contributed by atoms with Crippen LogP contribution >= 0.6 is 11.8 Å². The Bertz CT molecular complexity index is 763. The van der Waals surface area contributed by atoms with E-state index < -0.39 is 18.4 Å². The second kappa shape index (κ2) is 8.52. The van der Waals surface area contributed by atoms with E-state index in [-0.39, 0.29) is 18.1 Å². The van der Waals surface area contributed by atoms with Crippen LogP contribution in [0.4, 0.5) is 23.2 Å². The molecule has 0 saturated heterocycles. The molecule has 0 aliphatic carbocycles. The van der Waals surface area contributed by atoms with Crippen LogP contribution < -0.4 is 4.90 Å². The maximum Gasteiger partial charge on any atom is 0.389 e. The van der Waals surface area contributed by atoms with E-state index in [4.69, 9.17) is 0 Å². The van der Waals surface area contributed by atoms with Crippen molar-refractivity contribution in [3.05, 3.63) is 36.2 Å². The summed E-state index contributed by atoms with van der Waals surface area (Å²) in [6.45, 7) is 1.71. The smallest absolute Gasteiger partial charge is 0.312 e. The third-order valence-electron chi connectivity index (χ3n) is 3.55. The lowest BCUT2D eigenvalue weighted by Crippen LogP contribution is -2.26. The van der Waals surface area contributed by atoms with Gasteiger partial charge in [-0.15, -0.1) is 0 Å². The van der Waals surface area contributed by atoms with Crippen LogP contribution in [0.5, 0.6) is 0 Å². The highest BCUT2D eigenvalue weighted by Crippen LogP contribution is 2.23. The topological polar surface area (TPSA) is 51.0 Å². The summed E-state index contributed by atoms with van der Waals surface area (Å²) in [7, 11) is 1.57. The zero-order chi connectivity index (χ0) is 19.3. The van der Waals surface area contributed by atoms with E-state index in [1.165, 1.54) is 21.8 Å². The molecule has 0 atom stereocenters. The summed E-state index contributed by atoms with van der Waals surface area (Å²) in [6, 6.07) is 1.27. The van der Waals surface area contributed by atoms with Crippen LogP contribution in [0.1, 0.15) is 18.5 Å². The molecule has 0 aromatic carbocycles. The average Bonchev–Trinajstić information content (AvgIpc) is 2.94. The van der Waals surface area contributed by atoms with Crippen LogP contribution in [0, 0.1) is 12.7 Å². The van der Waals surface area contributed by atoms with E-state index in [0.717, 1.165) is 18.0 Å². The number of halogens is 4. The van der Waals surface area contributed by atoms with Crippen molar-refractivity contribution in [3.63, 3.8) is 0 Å². The minimum absolute atomic E-state index is 0.0655. The molecule has 2 heterocycles. The van der Waals surface area contributed by atoms with Gasteiger partial charge >= 0.3 is 6.18 Å². The molecule has 0 N–H and O–H groups in total. The number of aryl methyl sites for hydroxylation is 1. The van der Waals surface area contributed by atoms with Crippen molar-refractivity contribution in [3.8, 4) is 5.69 Å². The third-order valence-corrected chi connectivity index (χ3v) is 4.54. The fourth-order valence-corrected chi connectivity index (χ4v) is 3.09. The summed E-state index contributed by atoms with van der Waals surface area (Å²) in [5.74, 6) is -0.494. The average molecular weight is 390 g/mol. The number of alkyl halides is 3. The molecule has 10 heteroatoms. The van der Waals surface area contributed by atoms with Crippen molar-refractivity contribution < 1.29 is 22.4 Å². The Morgan fingerprint density at radius 3 is 2.69 bits per heavy atom. The summed E-state index contributed by atoms with van der Waals surface area (Å²) < 4.78 is 50.9. The van der Waals surface area contributed by atoms with Crippen LogP contribution in [0.2, 0.25) is 0 Å². The second-order valence-electron chi connectivity index (χ2n) is 5.59. The zero-order valence-electron chi connectivity index (χ0n) is 14.3. The Kier molecular flexibility index (Phi) is 6.63. The first-order valence-electron chi connectivity index (χ1n) is 7.75. The molecule has 0 unspecified atom stereocenters. The Morgan fingerprint density at radius 1 is 1.31 bits per heavy atom. The number of thioether (sulfide) groups is 1. The first-order chi connectivity index (χ1) is 12.2.